The number of carboxylic acid groups (broad SMARTS) is 1. The van der Waals surface area contributed by atoms with E-state index in [4.69, 9.17) is 10.5 Å². The fourth-order valence-electron chi connectivity index (χ4n) is 4.93. The molecule has 8 heteroatoms. The molecule has 3 unspecified atom stereocenters. The minimum absolute atomic E-state index is 0.0103. The van der Waals surface area contributed by atoms with Gasteiger partial charge in [0.1, 0.15) is 11.6 Å². The lowest BCUT2D eigenvalue weighted by molar-refractivity contribution is -0.139. The number of ether oxygens (including phenoxy) is 1. The molecule has 1 saturated heterocycles. The fourth-order valence-corrected chi connectivity index (χ4v) is 5.53. The van der Waals surface area contributed by atoms with Crippen LogP contribution >= 0.6 is 11.3 Å². The molecule has 0 bridgehead atoms. The maximum Gasteiger partial charge on any atom is 0.303 e. The van der Waals surface area contributed by atoms with E-state index in [1.165, 1.54) is 6.20 Å². The van der Waals surface area contributed by atoms with Crippen molar-refractivity contribution in [2.24, 2.45) is 17.6 Å². The summed E-state index contributed by atoms with van der Waals surface area (Å²) < 4.78 is 20.1. The summed E-state index contributed by atoms with van der Waals surface area (Å²) >= 11 is 1.61. The highest BCUT2D eigenvalue weighted by Gasteiger charge is 2.31. The average Bonchev–Trinajstić information content (AvgIpc) is 3.36. The van der Waals surface area contributed by atoms with Crippen LogP contribution in [0.2, 0.25) is 0 Å². The van der Waals surface area contributed by atoms with Crippen LogP contribution in [-0.4, -0.2) is 47.7 Å². The standard InChI is InChI=1S/C27H30FN3O3S/c1-34-20-7-9-25-22(15-20)27(23(28)16-30-25)24(29)8-6-18-10-12-31(17-19(18)14-26(32)33)11-2-4-21-5-3-13-35-21/h3,5,7,9,13,15-16,18-19,24H,6,8,10-12,14,17,29H2,1H3,(H,32,33). The first kappa shape index (κ1) is 25.1. The van der Waals surface area contributed by atoms with E-state index in [-0.39, 0.29) is 18.3 Å². The smallest absolute Gasteiger partial charge is 0.303 e. The average molecular weight is 496 g/mol. The molecule has 1 aliphatic rings. The lowest BCUT2D eigenvalue weighted by Gasteiger charge is -2.37. The number of methoxy groups -OCH3 is 1. The van der Waals surface area contributed by atoms with Crippen molar-refractivity contribution < 1.29 is 19.0 Å². The fraction of sp³-hybridized carbons (Fsp3) is 0.407. The monoisotopic (exact) mass is 495 g/mol. The first-order chi connectivity index (χ1) is 16.9. The highest BCUT2D eigenvalue weighted by molar-refractivity contribution is 7.10. The number of hydrogen-bond acceptors (Lipinski definition) is 6. The molecule has 6 nitrogen and oxygen atoms in total. The molecule has 0 aliphatic carbocycles. The van der Waals surface area contributed by atoms with Gasteiger partial charge in [-0.05, 0) is 67.3 Å². The largest absolute Gasteiger partial charge is 0.497 e. The molecule has 0 spiro atoms. The molecule has 3 atom stereocenters. The van der Waals surface area contributed by atoms with E-state index in [9.17, 15) is 14.3 Å². The predicted molar refractivity (Wildman–Crippen MR) is 136 cm³/mol. The third-order valence-corrected chi connectivity index (χ3v) is 7.52. The van der Waals surface area contributed by atoms with E-state index in [0.29, 0.717) is 41.7 Å². The van der Waals surface area contributed by atoms with Crippen LogP contribution in [0.25, 0.3) is 10.9 Å². The number of fused-ring (bicyclic) bond motifs is 1. The lowest BCUT2D eigenvalue weighted by Crippen LogP contribution is -2.41. The molecule has 1 aliphatic heterocycles. The third kappa shape index (κ3) is 6.37. The number of aromatic nitrogens is 1. The van der Waals surface area contributed by atoms with Crippen molar-refractivity contribution >= 4 is 28.2 Å². The summed E-state index contributed by atoms with van der Waals surface area (Å²) in [5.74, 6) is 6.00. The van der Waals surface area contributed by atoms with Crippen molar-refractivity contribution in [1.82, 2.24) is 9.88 Å². The molecule has 3 aromatic rings. The van der Waals surface area contributed by atoms with E-state index < -0.39 is 17.8 Å². The van der Waals surface area contributed by atoms with Gasteiger partial charge in [0.2, 0.25) is 0 Å². The molecule has 0 saturated carbocycles. The van der Waals surface area contributed by atoms with Gasteiger partial charge in [-0.25, -0.2) is 4.39 Å². The predicted octanol–water partition coefficient (Wildman–Crippen LogP) is 4.69. The zero-order valence-electron chi connectivity index (χ0n) is 19.7. The normalized spacial score (nSPS) is 19.2. The Morgan fingerprint density at radius 2 is 2.26 bits per heavy atom. The topological polar surface area (TPSA) is 88.7 Å². The Morgan fingerprint density at radius 3 is 3.00 bits per heavy atom. The van der Waals surface area contributed by atoms with E-state index in [1.54, 1.807) is 36.6 Å². The number of nitrogens with zero attached hydrogens (tertiary/aromatic N) is 2. The number of pyridine rings is 1. The van der Waals surface area contributed by atoms with Gasteiger partial charge in [-0.15, -0.1) is 11.3 Å². The zero-order valence-corrected chi connectivity index (χ0v) is 20.6. The van der Waals surface area contributed by atoms with Crippen molar-refractivity contribution in [1.29, 1.82) is 0 Å². The van der Waals surface area contributed by atoms with Gasteiger partial charge in [-0.2, -0.15) is 0 Å². The molecular weight excluding hydrogens is 465 g/mol. The summed E-state index contributed by atoms with van der Waals surface area (Å²) in [6.07, 6.45) is 3.50. The summed E-state index contributed by atoms with van der Waals surface area (Å²) in [6.45, 7) is 2.17. The van der Waals surface area contributed by atoms with Gasteiger partial charge in [-0.3, -0.25) is 14.7 Å². The Labute approximate surface area is 208 Å². The number of nitrogens with two attached hydrogens (primary N) is 1. The van der Waals surface area contributed by atoms with E-state index in [2.05, 4.69) is 21.7 Å². The van der Waals surface area contributed by atoms with Crippen LogP contribution in [0.4, 0.5) is 4.39 Å². The maximum atomic E-state index is 14.8. The Kier molecular flexibility index (Phi) is 8.34. The van der Waals surface area contributed by atoms with Crippen LogP contribution in [0.15, 0.2) is 41.9 Å². The number of likely N-dealkylation sites (tertiary alicyclic amines) is 1. The Morgan fingerprint density at radius 1 is 1.40 bits per heavy atom. The van der Waals surface area contributed by atoms with E-state index in [1.807, 2.05) is 17.5 Å². The first-order valence-electron chi connectivity index (χ1n) is 11.8. The van der Waals surface area contributed by atoms with Crippen molar-refractivity contribution in [2.75, 3.05) is 26.7 Å². The molecule has 3 N–H and O–H groups in total. The van der Waals surface area contributed by atoms with E-state index in [0.717, 1.165) is 24.3 Å². The SMILES string of the molecule is COc1ccc2ncc(F)c(C(N)CCC3CCN(CC#Cc4cccs4)CC3CC(=O)O)c2c1. The van der Waals surface area contributed by atoms with Gasteiger partial charge >= 0.3 is 5.97 Å². The molecular formula is C27H30FN3O3S. The number of carboxylic acids is 1. The van der Waals surface area contributed by atoms with Crippen LogP contribution in [-0.2, 0) is 4.79 Å². The van der Waals surface area contributed by atoms with E-state index >= 15 is 0 Å². The van der Waals surface area contributed by atoms with Gasteiger partial charge in [0.05, 0.1) is 30.2 Å². The lowest BCUT2D eigenvalue weighted by atomic mass is 9.79. The highest BCUT2D eigenvalue weighted by Crippen LogP contribution is 2.34. The molecule has 1 aromatic carbocycles. The molecule has 3 heterocycles. The van der Waals surface area contributed by atoms with Crippen LogP contribution in [0.1, 0.15) is 42.2 Å². The second-order valence-corrected chi connectivity index (χ2v) is 9.96. The van der Waals surface area contributed by atoms with Gasteiger partial charge < -0.3 is 15.6 Å². The Balaban J connectivity index is 1.42. The van der Waals surface area contributed by atoms with Gasteiger partial charge in [-0.1, -0.05) is 17.9 Å². The zero-order chi connectivity index (χ0) is 24.8. The summed E-state index contributed by atoms with van der Waals surface area (Å²) in [4.78, 5) is 19.0. The van der Waals surface area contributed by atoms with Crippen LogP contribution < -0.4 is 10.5 Å². The number of benzene rings is 1. The molecule has 1 fully saturated rings. The van der Waals surface area contributed by atoms with Gasteiger partial charge in [0, 0.05) is 30.0 Å². The molecule has 0 amide bonds. The summed E-state index contributed by atoms with van der Waals surface area (Å²) in [7, 11) is 1.57. The van der Waals surface area contributed by atoms with Crippen LogP contribution in [0.3, 0.4) is 0 Å². The number of hydrogen-bond donors (Lipinski definition) is 2. The second-order valence-electron chi connectivity index (χ2n) is 9.01. The summed E-state index contributed by atoms with van der Waals surface area (Å²) in [5.41, 5.74) is 7.60. The molecule has 4 rings (SSSR count). The minimum Gasteiger partial charge on any atom is -0.497 e. The molecule has 184 valence electrons. The number of piperidine rings is 1. The summed E-state index contributed by atoms with van der Waals surface area (Å²) in [6, 6.07) is 8.80. The molecule has 2 aromatic heterocycles. The van der Waals surface area contributed by atoms with Crippen molar-refractivity contribution in [3.05, 3.63) is 58.2 Å². The molecule has 35 heavy (non-hydrogen) atoms. The van der Waals surface area contributed by atoms with Gasteiger partial charge in [0.15, 0.2) is 0 Å². The number of thiophene rings is 1. The molecule has 0 radical (unpaired) electrons. The summed E-state index contributed by atoms with van der Waals surface area (Å²) in [5, 5.41) is 12.1. The van der Waals surface area contributed by atoms with Gasteiger partial charge in [0.25, 0.3) is 0 Å². The number of carbonyl (C=O) groups is 1. The third-order valence-electron chi connectivity index (χ3n) is 6.74. The quantitative estimate of drug-likeness (QED) is 0.441. The number of halogens is 1. The number of aliphatic carboxylic acids is 1. The van der Waals surface area contributed by atoms with Crippen LogP contribution in [0, 0.1) is 29.5 Å². The highest BCUT2D eigenvalue weighted by atomic mass is 32.1. The Bertz CT molecular complexity index is 1220. The number of rotatable bonds is 8. The maximum absolute atomic E-state index is 14.8. The van der Waals surface area contributed by atoms with Crippen molar-refractivity contribution in [3.63, 3.8) is 0 Å². The van der Waals surface area contributed by atoms with Crippen LogP contribution in [0.5, 0.6) is 5.75 Å². The first-order valence-corrected chi connectivity index (χ1v) is 12.7. The Hall–Kier alpha value is -2.99. The minimum atomic E-state index is -0.797. The van der Waals surface area contributed by atoms with Crippen molar-refractivity contribution in [3.8, 4) is 17.6 Å². The second kappa shape index (κ2) is 11.6. The van der Waals surface area contributed by atoms with Crippen molar-refractivity contribution in [2.45, 2.75) is 31.7 Å².